The second kappa shape index (κ2) is 10.3. The number of guanidine groups is 1. The highest BCUT2D eigenvalue weighted by molar-refractivity contribution is 14.0. The summed E-state index contributed by atoms with van der Waals surface area (Å²) in [4.78, 5) is 9.27. The Bertz CT molecular complexity index is 916. The van der Waals surface area contributed by atoms with Gasteiger partial charge in [0.1, 0.15) is 0 Å². The number of nitrogens with one attached hydrogen (secondary N) is 2. The summed E-state index contributed by atoms with van der Waals surface area (Å²) in [5, 5.41) is 9.10. The number of nitrogens with zero attached hydrogens (tertiary/aromatic N) is 2. The van der Waals surface area contributed by atoms with Gasteiger partial charge in [-0.15, -0.1) is 24.0 Å². The van der Waals surface area contributed by atoms with Crippen molar-refractivity contribution in [3.8, 4) is 0 Å². The van der Waals surface area contributed by atoms with Gasteiger partial charge in [0, 0.05) is 18.1 Å². The van der Waals surface area contributed by atoms with Gasteiger partial charge < -0.3 is 10.6 Å². The number of benzene rings is 2. The lowest BCUT2D eigenvalue weighted by Crippen LogP contribution is -2.37. The van der Waals surface area contributed by atoms with Crippen LogP contribution in [0.15, 0.2) is 59.7 Å². The van der Waals surface area contributed by atoms with Crippen molar-refractivity contribution in [3.63, 3.8) is 0 Å². The first kappa shape index (κ1) is 21.2. The highest BCUT2D eigenvalue weighted by atomic mass is 127. The molecule has 1 heterocycles. The van der Waals surface area contributed by atoms with Crippen molar-refractivity contribution in [2.75, 3.05) is 6.54 Å². The minimum Gasteiger partial charge on any atom is -0.357 e. The zero-order valence-electron chi connectivity index (χ0n) is 16.1. The van der Waals surface area contributed by atoms with Crippen LogP contribution in [-0.4, -0.2) is 17.5 Å². The van der Waals surface area contributed by atoms with Crippen LogP contribution in [0.5, 0.6) is 0 Å². The second-order valence-electron chi connectivity index (χ2n) is 6.46. The lowest BCUT2D eigenvalue weighted by Gasteiger charge is -2.13. The highest BCUT2D eigenvalue weighted by Gasteiger charge is 2.04. The van der Waals surface area contributed by atoms with Gasteiger partial charge in [-0.2, -0.15) is 0 Å². The lowest BCUT2D eigenvalue weighted by atomic mass is 10.1. The van der Waals surface area contributed by atoms with E-state index in [4.69, 9.17) is 4.99 Å². The first-order chi connectivity index (χ1) is 12.7. The fourth-order valence-electron chi connectivity index (χ4n) is 3.02. The van der Waals surface area contributed by atoms with Gasteiger partial charge in [-0.05, 0) is 43.4 Å². The Labute approximate surface area is 178 Å². The monoisotopic (exact) mass is 474 g/mol. The van der Waals surface area contributed by atoms with E-state index in [-0.39, 0.29) is 24.0 Å². The number of aromatic nitrogens is 1. The summed E-state index contributed by atoms with van der Waals surface area (Å²) < 4.78 is 0. The minimum atomic E-state index is 0. The number of hydrogen-bond acceptors (Lipinski definition) is 2. The van der Waals surface area contributed by atoms with Crippen LogP contribution >= 0.6 is 24.0 Å². The van der Waals surface area contributed by atoms with Crippen LogP contribution in [0.2, 0.25) is 0 Å². The Kier molecular flexibility index (Phi) is 8.03. The fraction of sp³-hybridized carbons (Fsp3) is 0.273. The van der Waals surface area contributed by atoms with Crippen molar-refractivity contribution in [1.29, 1.82) is 0 Å². The number of hydrogen-bond donors (Lipinski definition) is 2. The van der Waals surface area contributed by atoms with Gasteiger partial charge >= 0.3 is 0 Å². The summed E-state index contributed by atoms with van der Waals surface area (Å²) >= 11 is 0. The summed E-state index contributed by atoms with van der Waals surface area (Å²) in [6.45, 7) is 8.44. The Balaban J connectivity index is 0.00000261. The van der Waals surface area contributed by atoms with Crippen molar-refractivity contribution in [1.82, 2.24) is 15.6 Å². The molecule has 1 aromatic heterocycles. The maximum atomic E-state index is 4.74. The summed E-state index contributed by atoms with van der Waals surface area (Å²) in [6.07, 6.45) is 1.86. The average Bonchev–Trinajstić information content (AvgIpc) is 2.65. The predicted molar refractivity (Wildman–Crippen MR) is 125 cm³/mol. The molecule has 0 saturated carbocycles. The number of pyridine rings is 1. The molecule has 5 heteroatoms. The van der Waals surface area contributed by atoms with Crippen molar-refractivity contribution in [2.45, 2.75) is 33.9 Å². The van der Waals surface area contributed by atoms with E-state index >= 15 is 0 Å². The Morgan fingerprint density at radius 3 is 2.63 bits per heavy atom. The third kappa shape index (κ3) is 5.66. The molecule has 0 fully saturated rings. The molecule has 0 aliphatic rings. The first-order valence-corrected chi connectivity index (χ1v) is 9.08. The van der Waals surface area contributed by atoms with Gasteiger partial charge in [0.15, 0.2) is 5.96 Å². The summed E-state index contributed by atoms with van der Waals surface area (Å²) in [5.74, 6) is 0.808. The fourth-order valence-corrected chi connectivity index (χ4v) is 3.02. The smallest absolute Gasteiger partial charge is 0.191 e. The highest BCUT2D eigenvalue weighted by Crippen LogP contribution is 2.16. The molecular weight excluding hydrogens is 447 g/mol. The molecule has 0 aliphatic heterocycles. The zero-order chi connectivity index (χ0) is 18.4. The average molecular weight is 474 g/mol. The third-order valence-electron chi connectivity index (χ3n) is 4.43. The van der Waals surface area contributed by atoms with Crippen molar-refractivity contribution < 1.29 is 0 Å². The number of aliphatic imine (C=N–C) groups is 1. The van der Waals surface area contributed by atoms with Crippen LogP contribution in [0.25, 0.3) is 10.8 Å². The van der Waals surface area contributed by atoms with Gasteiger partial charge in [0.05, 0.1) is 18.8 Å². The topological polar surface area (TPSA) is 49.3 Å². The number of aryl methyl sites for hydroxylation is 2. The maximum absolute atomic E-state index is 4.74. The van der Waals surface area contributed by atoms with Gasteiger partial charge in [0.2, 0.25) is 0 Å². The van der Waals surface area contributed by atoms with Crippen LogP contribution in [-0.2, 0) is 13.1 Å². The first-order valence-electron chi connectivity index (χ1n) is 9.08. The molecule has 0 unspecified atom stereocenters. The van der Waals surface area contributed by atoms with E-state index in [0.717, 1.165) is 18.2 Å². The minimum absolute atomic E-state index is 0. The molecular formula is C22H27IN4. The molecule has 3 rings (SSSR count). The van der Waals surface area contributed by atoms with E-state index in [1.807, 2.05) is 18.3 Å². The molecule has 2 N–H and O–H groups in total. The lowest BCUT2D eigenvalue weighted by molar-refractivity contribution is 0.804. The molecule has 0 spiro atoms. The van der Waals surface area contributed by atoms with Gasteiger partial charge in [0.25, 0.3) is 0 Å². The largest absolute Gasteiger partial charge is 0.357 e. The molecule has 4 nitrogen and oxygen atoms in total. The Morgan fingerprint density at radius 2 is 1.85 bits per heavy atom. The number of rotatable bonds is 5. The molecule has 0 aliphatic carbocycles. The maximum Gasteiger partial charge on any atom is 0.191 e. The van der Waals surface area contributed by atoms with Crippen LogP contribution in [0, 0.1) is 13.8 Å². The quantitative estimate of drug-likeness (QED) is 0.320. The standard InChI is InChI=1S/C22H26N4.HI/c1-4-23-22(25-14-19-10-9-16(2)13-17(19)3)26-15-21-20-8-6-5-7-18(20)11-12-24-21;/h5-13H,4,14-15H2,1-3H3,(H2,23,25,26);1H. The normalized spacial score (nSPS) is 11.1. The Morgan fingerprint density at radius 1 is 1.04 bits per heavy atom. The molecule has 2 aromatic carbocycles. The number of fused-ring (bicyclic) bond motifs is 1. The molecule has 0 bridgehead atoms. The van der Waals surface area contributed by atoms with E-state index < -0.39 is 0 Å². The van der Waals surface area contributed by atoms with Crippen LogP contribution < -0.4 is 10.6 Å². The van der Waals surface area contributed by atoms with Crippen molar-refractivity contribution in [2.24, 2.45) is 4.99 Å². The van der Waals surface area contributed by atoms with Gasteiger partial charge in [-0.25, -0.2) is 4.99 Å². The van der Waals surface area contributed by atoms with Crippen LogP contribution in [0.1, 0.15) is 29.3 Å². The Hall–Kier alpha value is -2.15. The predicted octanol–water partition coefficient (Wildman–Crippen LogP) is 4.72. The summed E-state index contributed by atoms with van der Waals surface area (Å²) in [7, 11) is 0. The van der Waals surface area contributed by atoms with Crippen LogP contribution in [0.4, 0.5) is 0 Å². The van der Waals surface area contributed by atoms with Crippen molar-refractivity contribution in [3.05, 3.63) is 77.1 Å². The van der Waals surface area contributed by atoms with E-state index in [2.05, 4.69) is 72.8 Å². The molecule has 0 atom stereocenters. The third-order valence-corrected chi connectivity index (χ3v) is 4.43. The van der Waals surface area contributed by atoms with E-state index in [1.165, 1.54) is 27.5 Å². The molecule has 0 radical (unpaired) electrons. The zero-order valence-corrected chi connectivity index (χ0v) is 18.5. The van der Waals surface area contributed by atoms with Crippen molar-refractivity contribution >= 4 is 40.7 Å². The van der Waals surface area contributed by atoms with E-state index in [1.54, 1.807) is 0 Å². The van der Waals surface area contributed by atoms with Crippen LogP contribution in [0.3, 0.4) is 0 Å². The molecule has 27 heavy (non-hydrogen) atoms. The second-order valence-corrected chi connectivity index (χ2v) is 6.46. The summed E-state index contributed by atoms with van der Waals surface area (Å²) in [6, 6.07) is 16.9. The molecule has 0 saturated heterocycles. The van der Waals surface area contributed by atoms with E-state index in [0.29, 0.717) is 13.1 Å². The number of halogens is 1. The SMILES string of the molecule is CCNC(=NCc1ccc(C)cc1C)NCc1nccc2ccccc12.I. The molecule has 142 valence electrons. The molecule has 3 aromatic rings. The molecule has 0 amide bonds. The van der Waals surface area contributed by atoms with Gasteiger partial charge in [-0.3, -0.25) is 4.98 Å². The summed E-state index contributed by atoms with van der Waals surface area (Å²) in [5.41, 5.74) is 4.83. The van der Waals surface area contributed by atoms with Gasteiger partial charge in [-0.1, -0.05) is 48.0 Å². The van der Waals surface area contributed by atoms with E-state index in [9.17, 15) is 0 Å².